The monoisotopic (exact) mass is 604 g/mol. The average Bonchev–Trinajstić information content (AvgIpc) is 2.95. The summed E-state index contributed by atoms with van der Waals surface area (Å²) in [4.78, 5) is 24.0. The third kappa shape index (κ3) is 6.31. The van der Waals surface area contributed by atoms with Gasteiger partial charge in [-0.05, 0) is 85.8 Å². The molecule has 2 heterocycles. The first-order valence-corrected chi connectivity index (χ1v) is 14.0. The number of likely N-dealkylation sites (tertiary alicyclic amines) is 1. The largest absolute Gasteiger partial charge is 0.482 e. The van der Waals surface area contributed by atoms with Gasteiger partial charge in [0.25, 0.3) is 11.4 Å². The molecular formula is C29H28N6O5S2. The second-order valence-corrected chi connectivity index (χ2v) is 11.1. The van der Waals surface area contributed by atoms with Crippen molar-refractivity contribution in [3.8, 4) is 5.75 Å². The van der Waals surface area contributed by atoms with E-state index < -0.39 is 15.4 Å². The lowest BCUT2D eigenvalue weighted by Crippen LogP contribution is -2.50. The van der Waals surface area contributed by atoms with Gasteiger partial charge in [-0.25, -0.2) is 0 Å². The molecule has 2 aliphatic heterocycles. The minimum atomic E-state index is -0.481. The summed E-state index contributed by atoms with van der Waals surface area (Å²) in [7, 11) is 0. The number of hydrogen-bond donors (Lipinski definition) is 3. The highest BCUT2D eigenvalue weighted by atomic mass is 32.1. The first-order chi connectivity index (χ1) is 20.0. The molecule has 3 N–H and O–H groups in total. The molecule has 0 aliphatic carbocycles. The van der Waals surface area contributed by atoms with Gasteiger partial charge in [-0.15, -0.1) is 0 Å². The fraction of sp³-hybridized carbons (Fsp3) is 0.241. The van der Waals surface area contributed by atoms with Crippen molar-refractivity contribution in [2.24, 2.45) is 0 Å². The van der Waals surface area contributed by atoms with Gasteiger partial charge in [0, 0.05) is 49.3 Å². The molecule has 11 nitrogen and oxygen atoms in total. The van der Waals surface area contributed by atoms with Gasteiger partial charge in [0.2, 0.25) is 0 Å². The van der Waals surface area contributed by atoms with E-state index in [4.69, 9.17) is 29.2 Å². The zero-order valence-corrected chi connectivity index (χ0v) is 24.5. The molecule has 3 aromatic rings. The molecule has 2 aliphatic rings. The fourth-order valence-electron chi connectivity index (χ4n) is 4.98. The Bertz CT molecular complexity index is 1630. The molecule has 0 unspecified atom stereocenters. The maximum absolute atomic E-state index is 11.5. The number of fused-ring (bicyclic) bond motifs is 1. The first-order valence-electron chi connectivity index (χ1n) is 13.2. The molecule has 0 saturated carbocycles. The number of nitro groups is 2. The molecule has 1 spiro atoms. The normalized spacial score (nSPS) is 14.9. The Kier molecular flexibility index (Phi) is 8.05. The molecule has 1 saturated heterocycles. The van der Waals surface area contributed by atoms with E-state index in [-0.39, 0.29) is 16.5 Å². The van der Waals surface area contributed by atoms with Gasteiger partial charge in [0.05, 0.1) is 9.85 Å². The summed E-state index contributed by atoms with van der Waals surface area (Å²) < 4.78 is 6.46. The Morgan fingerprint density at radius 1 is 0.857 bits per heavy atom. The summed E-state index contributed by atoms with van der Waals surface area (Å²) in [6.45, 7) is 4.84. The summed E-state index contributed by atoms with van der Waals surface area (Å²) >= 11 is 11.0. The number of nitrogens with one attached hydrogen (secondary N) is 3. The number of ether oxygens (including phenoxy) is 1. The van der Waals surface area contributed by atoms with Crippen LogP contribution in [0.4, 0.5) is 28.4 Å². The summed E-state index contributed by atoms with van der Waals surface area (Å²) in [5.74, 6) is 0.737. The molecule has 0 atom stereocenters. The molecule has 0 aromatic heterocycles. The summed E-state index contributed by atoms with van der Waals surface area (Å²) in [5.41, 5.74) is 3.31. The third-order valence-corrected chi connectivity index (χ3v) is 7.80. The molecule has 1 fully saturated rings. The second-order valence-electron chi connectivity index (χ2n) is 10.3. The number of thiocarbonyl (C=S) groups is 2. The predicted octanol–water partition coefficient (Wildman–Crippen LogP) is 6.57. The number of nitro benzene ring substituents is 2. The summed E-state index contributed by atoms with van der Waals surface area (Å²) in [6.07, 6.45) is 5.45. The van der Waals surface area contributed by atoms with Crippen LogP contribution in [-0.2, 0) is 0 Å². The molecule has 0 amide bonds. The summed E-state index contributed by atoms with van der Waals surface area (Å²) in [5, 5.41) is 32.6. The van der Waals surface area contributed by atoms with Gasteiger partial charge in [-0.3, -0.25) is 20.2 Å². The van der Waals surface area contributed by atoms with Crippen LogP contribution in [0.1, 0.15) is 29.5 Å². The quantitative estimate of drug-likeness (QED) is 0.166. The lowest BCUT2D eigenvalue weighted by atomic mass is 9.88. The number of aryl methyl sites for hydroxylation is 2. The highest BCUT2D eigenvalue weighted by Gasteiger charge is 2.37. The van der Waals surface area contributed by atoms with Crippen LogP contribution in [0.2, 0.25) is 0 Å². The zero-order chi connectivity index (χ0) is 30.0. The van der Waals surface area contributed by atoms with Crippen LogP contribution < -0.4 is 20.7 Å². The fourth-order valence-corrected chi connectivity index (χ4v) is 5.50. The standard InChI is InChI=1S/C29H28N6O5S2/c1-18-3-6-22(24(15-18)34(36)37)31-27(41)30-21-5-8-26-20(17-21)9-10-29(40-26)11-13-33(14-12-29)28(42)32-23-7-4-19(2)16-25(23)35(38)39/h3-10,15-17H,11-14H2,1-2H3,(H,32,42)(H2,30,31,41). The topological polar surface area (TPSA) is 135 Å². The molecular weight excluding hydrogens is 576 g/mol. The van der Waals surface area contributed by atoms with Crippen molar-refractivity contribution < 1.29 is 14.6 Å². The number of piperidine rings is 1. The number of benzene rings is 3. The molecule has 0 radical (unpaired) electrons. The SMILES string of the molecule is Cc1ccc(NC(=S)Nc2ccc3c(c2)C=CC2(CCN(C(=S)Nc4ccc(C)cc4[N+](=O)[O-])CC2)O3)c([N+](=O)[O-])c1. The molecule has 3 aromatic carbocycles. The highest BCUT2D eigenvalue weighted by molar-refractivity contribution is 7.80. The Hall–Kier alpha value is -4.62. The minimum absolute atomic E-state index is 0.0112. The lowest BCUT2D eigenvalue weighted by Gasteiger charge is -2.42. The van der Waals surface area contributed by atoms with E-state index in [0.717, 1.165) is 22.4 Å². The predicted molar refractivity (Wildman–Crippen MR) is 171 cm³/mol. The maximum atomic E-state index is 11.5. The van der Waals surface area contributed by atoms with Crippen LogP contribution in [0.3, 0.4) is 0 Å². The van der Waals surface area contributed by atoms with Crippen molar-refractivity contribution in [2.75, 3.05) is 29.0 Å². The third-order valence-electron chi connectivity index (χ3n) is 7.23. The molecule has 216 valence electrons. The molecule has 42 heavy (non-hydrogen) atoms. The number of anilines is 3. The first kappa shape index (κ1) is 28.9. The van der Waals surface area contributed by atoms with Gasteiger partial charge >= 0.3 is 0 Å². The highest BCUT2D eigenvalue weighted by Crippen LogP contribution is 2.38. The Morgan fingerprint density at radius 3 is 2.05 bits per heavy atom. The van der Waals surface area contributed by atoms with Gasteiger partial charge in [-0.1, -0.05) is 18.2 Å². The molecule has 0 bridgehead atoms. The van der Waals surface area contributed by atoms with E-state index in [0.29, 0.717) is 48.1 Å². The number of rotatable bonds is 5. The van der Waals surface area contributed by atoms with Crippen molar-refractivity contribution in [2.45, 2.75) is 32.3 Å². The molecule has 13 heteroatoms. The van der Waals surface area contributed by atoms with Crippen molar-refractivity contribution in [1.82, 2.24) is 4.90 Å². The van der Waals surface area contributed by atoms with Crippen LogP contribution in [0.25, 0.3) is 6.08 Å². The van der Waals surface area contributed by atoms with E-state index in [1.54, 1.807) is 32.0 Å². The molecule has 5 rings (SSSR count). The van der Waals surface area contributed by atoms with Gasteiger partial charge in [-0.2, -0.15) is 0 Å². The van der Waals surface area contributed by atoms with Crippen LogP contribution >= 0.6 is 24.4 Å². The number of nitrogens with zero attached hydrogens (tertiary/aromatic N) is 3. The zero-order valence-electron chi connectivity index (χ0n) is 22.9. The average molecular weight is 605 g/mol. The van der Waals surface area contributed by atoms with Crippen LogP contribution in [0, 0.1) is 34.1 Å². The Morgan fingerprint density at radius 2 is 1.45 bits per heavy atom. The van der Waals surface area contributed by atoms with Crippen molar-refractivity contribution >= 4 is 69.2 Å². The Labute approximate surface area is 252 Å². The summed E-state index contributed by atoms with van der Waals surface area (Å²) in [6, 6.07) is 15.5. The lowest BCUT2D eigenvalue weighted by molar-refractivity contribution is -0.384. The van der Waals surface area contributed by atoms with Crippen LogP contribution in [0.15, 0.2) is 60.7 Å². The van der Waals surface area contributed by atoms with E-state index in [2.05, 4.69) is 22.0 Å². The van der Waals surface area contributed by atoms with E-state index in [1.165, 1.54) is 12.1 Å². The van der Waals surface area contributed by atoms with Crippen molar-refractivity contribution in [3.63, 3.8) is 0 Å². The van der Waals surface area contributed by atoms with Crippen molar-refractivity contribution in [1.29, 1.82) is 0 Å². The van der Waals surface area contributed by atoms with Gasteiger partial charge in [0.15, 0.2) is 10.2 Å². The van der Waals surface area contributed by atoms with E-state index >= 15 is 0 Å². The smallest absolute Gasteiger partial charge is 0.292 e. The minimum Gasteiger partial charge on any atom is -0.482 e. The van der Waals surface area contributed by atoms with Crippen LogP contribution in [-0.4, -0.2) is 43.7 Å². The Balaban J connectivity index is 1.19. The maximum Gasteiger partial charge on any atom is 0.292 e. The number of hydrogen-bond acceptors (Lipinski definition) is 7. The van der Waals surface area contributed by atoms with E-state index in [9.17, 15) is 20.2 Å². The van der Waals surface area contributed by atoms with Crippen LogP contribution in [0.5, 0.6) is 5.75 Å². The van der Waals surface area contributed by atoms with Crippen molar-refractivity contribution in [3.05, 3.63) is 97.6 Å². The van der Waals surface area contributed by atoms with Gasteiger partial charge < -0.3 is 25.6 Å². The van der Waals surface area contributed by atoms with Gasteiger partial charge in [0.1, 0.15) is 22.7 Å². The van der Waals surface area contributed by atoms with E-state index in [1.807, 2.05) is 35.2 Å². The second kappa shape index (κ2) is 11.7.